The van der Waals surface area contributed by atoms with E-state index in [4.69, 9.17) is 0 Å². The van der Waals surface area contributed by atoms with Crippen LogP contribution in [0.4, 0.5) is 0 Å². The smallest absolute Gasteiger partial charge is 0.00383 e. The van der Waals surface area contributed by atoms with Crippen LogP contribution in [0.2, 0.25) is 0 Å². The van der Waals surface area contributed by atoms with Gasteiger partial charge in [0.1, 0.15) is 0 Å². The van der Waals surface area contributed by atoms with Gasteiger partial charge in [0.2, 0.25) is 0 Å². The van der Waals surface area contributed by atoms with Gasteiger partial charge in [-0.2, -0.15) is 0 Å². The Bertz CT molecular complexity index is 75.7. The fraction of sp³-hybridized carbons (Fsp3) is 1.00. The van der Waals surface area contributed by atoms with Gasteiger partial charge >= 0.3 is 0 Å². The van der Waals surface area contributed by atoms with E-state index in [1.807, 2.05) is 7.05 Å². The molecule has 62 valence electrons. The van der Waals surface area contributed by atoms with Gasteiger partial charge in [-0.3, -0.25) is 0 Å². The van der Waals surface area contributed by atoms with Crippen molar-refractivity contribution in [3.63, 3.8) is 0 Å². The Morgan fingerprint density at radius 1 is 1.50 bits per heavy atom. The fourth-order valence-corrected chi connectivity index (χ4v) is 2.18. The van der Waals surface area contributed by atoms with Crippen molar-refractivity contribution in [2.75, 3.05) is 18.0 Å². The summed E-state index contributed by atoms with van der Waals surface area (Å²) in [6.07, 6.45) is 1.30. The molecule has 1 N–H and O–H groups in total. The molecule has 0 aromatic carbocycles. The predicted octanol–water partition coefficient (Wildman–Crippen LogP) is 2.30. The third-order valence-corrected chi connectivity index (χ3v) is 3.24. The van der Waals surface area contributed by atoms with Gasteiger partial charge in [0.05, 0.1) is 0 Å². The molecule has 0 fully saturated rings. The molecule has 10 heavy (non-hydrogen) atoms. The maximum Gasteiger partial charge on any atom is 0.00383 e. The molecule has 0 saturated heterocycles. The van der Waals surface area contributed by atoms with Crippen LogP contribution in [0.5, 0.6) is 0 Å². The van der Waals surface area contributed by atoms with E-state index >= 15 is 0 Å². The van der Waals surface area contributed by atoms with Crippen molar-refractivity contribution in [1.29, 1.82) is 0 Å². The lowest BCUT2D eigenvalue weighted by atomic mass is 9.94. The van der Waals surface area contributed by atoms with Crippen LogP contribution in [-0.4, -0.2) is 18.0 Å². The second-order valence-electron chi connectivity index (χ2n) is 2.86. The highest BCUT2D eigenvalue weighted by Gasteiger charge is 2.12. The second kappa shape index (κ2) is 6.40. The first-order chi connectivity index (χ1) is 4.76. The fourth-order valence-electron chi connectivity index (χ4n) is 1.00. The van der Waals surface area contributed by atoms with E-state index in [9.17, 15) is 0 Å². The zero-order valence-corrected chi connectivity index (χ0v) is 9.31. The van der Waals surface area contributed by atoms with Crippen LogP contribution in [0.1, 0.15) is 20.3 Å². The summed E-state index contributed by atoms with van der Waals surface area (Å²) in [5, 5.41) is 3.23. The molecule has 0 bridgehead atoms. The molecule has 1 nitrogen and oxygen atoms in total. The normalized spacial score (nSPS) is 16.8. The zero-order valence-electron chi connectivity index (χ0n) is 7.15. The van der Waals surface area contributed by atoms with Gasteiger partial charge in [0, 0.05) is 4.43 Å². The van der Waals surface area contributed by atoms with Crippen LogP contribution in [0, 0.1) is 11.8 Å². The molecule has 0 aliphatic carbocycles. The highest BCUT2D eigenvalue weighted by Crippen LogP contribution is 2.16. The average molecular weight is 255 g/mol. The lowest BCUT2D eigenvalue weighted by Crippen LogP contribution is -2.25. The van der Waals surface area contributed by atoms with Crippen molar-refractivity contribution in [2.45, 2.75) is 20.3 Å². The lowest BCUT2D eigenvalue weighted by Gasteiger charge is -2.19. The highest BCUT2D eigenvalue weighted by molar-refractivity contribution is 14.1. The van der Waals surface area contributed by atoms with Crippen LogP contribution < -0.4 is 5.32 Å². The largest absolute Gasteiger partial charge is 0.319 e. The quantitative estimate of drug-likeness (QED) is 0.587. The molecule has 0 rings (SSSR count). The number of halogens is 1. The third kappa shape index (κ3) is 3.76. The van der Waals surface area contributed by atoms with Gasteiger partial charge in [0.25, 0.3) is 0 Å². The van der Waals surface area contributed by atoms with Gasteiger partial charge in [-0.05, 0) is 25.4 Å². The highest BCUT2D eigenvalue weighted by atomic mass is 127. The molecule has 0 aromatic heterocycles. The Balaban J connectivity index is 3.56. The number of rotatable bonds is 5. The van der Waals surface area contributed by atoms with E-state index in [1.165, 1.54) is 10.8 Å². The standard InChI is InChI=1S/C8H18IN/c1-4-7(2)8(5-9)6-10-3/h7-8,10H,4-6H2,1-3H3. The molecular formula is C8H18IN. The predicted molar refractivity (Wildman–Crippen MR) is 55.8 cm³/mol. The van der Waals surface area contributed by atoms with Crippen molar-refractivity contribution >= 4 is 22.6 Å². The summed E-state index contributed by atoms with van der Waals surface area (Å²) in [5.41, 5.74) is 0. The summed E-state index contributed by atoms with van der Waals surface area (Å²) in [5.74, 6) is 1.72. The maximum absolute atomic E-state index is 3.23. The molecular weight excluding hydrogens is 237 g/mol. The number of hydrogen-bond donors (Lipinski definition) is 1. The van der Waals surface area contributed by atoms with Crippen LogP contribution >= 0.6 is 22.6 Å². The minimum absolute atomic E-state index is 0.857. The molecule has 0 aliphatic rings. The van der Waals surface area contributed by atoms with Gasteiger partial charge in [0.15, 0.2) is 0 Å². The summed E-state index contributed by atoms with van der Waals surface area (Å²) in [4.78, 5) is 0. The SMILES string of the molecule is CCC(C)C(CI)CNC. The van der Waals surface area contributed by atoms with Crippen molar-refractivity contribution < 1.29 is 0 Å². The van der Waals surface area contributed by atoms with E-state index < -0.39 is 0 Å². The van der Waals surface area contributed by atoms with Gasteiger partial charge in [-0.1, -0.05) is 42.9 Å². The van der Waals surface area contributed by atoms with Crippen LogP contribution in [-0.2, 0) is 0 Å². The molecule has 0 aromatic rings. The summed E-state index contributed by atoms with van der Waals surface area (Å²) in [6.45, 7) is 5.76. The Labute approximate surface area is 78.1 Å². The maximum atomic E-state index is 3.23. The molecule has 0 amide bonds. The van der Waals surface area contributed by atoms with Crippen LogP contribution in [0.15, 0.2) is 0 Å². The summed E-state index contributed by atoms with van der Waals surface area (Å²) >= 11 is 2.47. The zero-order chi connectivity index (χ0) is 7.98. The number of hydrogen-bond acceptors (Lipinski definition) is 1. The molecule has 0 aliphatic heterocycles. The van der Waals surface area contributed by atoms with Crippen molar-refractivity contribution in [3.8, 4) is 0 Å². The monoisotopic (exact) mass is 255 g/mol. The molecule has 0 spiro atoms. The topological polar surface area (TPSA) is 12.0 Å². The Morgan fingerprint density at radius 2 is 2.10 bits per heavy atom. The lowest BCUT2D eigenvalue weighted by molar-refractivity contribution is 0.377. The van der Waals surface area contributed by atoms with Crippen molar-refractivity contribution in [3.05, 3.63) is 0 Å². The Hall–Kier alpha value is 0.690. The van der Waals surface area contributed by atoms with E-state index in [0.717, 1.165) is 18.4 Å². The van der Waals surface area contributed by atoms with Crippen molar-refractivity contribution in [1.82, 2.24) is 5.32 Å². The summed E-state index contributed by atoms with van der Waals surface area (Å²) in [6, 6.07) is 0. The second-order valence-corrected chi connectivity index (χ2v) is 3.74. The molecule has 2 atom stereocenters. The first-order valence-electron chi connectivity index (χ1n) is 3.96. The van der Waals surface area contributed by atoms with Gasteiger partial charge in [-0.15, -0.1) is 0 Å². The number of nitrogens with one attached hydrogen (secondary N) is 1. The van der Waals surface area contributed by atoms with Gasteiger partial charge < -0.3 is 5.32 Å². The molecule has 2 heteroatoms. The summed E-state index contributed by atoms with van der Waals surface area (Å²) < 4.78 is 1.27. The first-order valence-corrected chi connectivity index (χ1v) is 5.49. The van der Waals surface area contributed by atoms with Crippen LogP contribution in [0.25, 0.3) is 0 Å². The van der Waals surface area contributed by atoms with E-state index in [2.05, 4.69) is 41.8 Å². The van der Waals surface area contributed by atoms with E-state index in [0.29, 0.717) is 0 Å². The van der Waals surface area contributed by atoms with E-state index in [1.54, 1.807) is 0 Å². The van der Waals surface area contributed by atoms with Crippen LogP contribution in [0.3, 0.4) is 0 Å². The minimum Gasteiger partial charge on any atom is -0.319 e. The Morgan fingerprint density at radius 3 is 2.40 bits per heavy atom. The van der Waals surface area contributed by atoms with Gasteiger partial charge in [-0.25, -0.2) is 0 Å². The average Bonchev–Trinajstić information content (AvgIpc) is 1.99. The summed E-state index contributed by atoms with van der Waals surface area (Å²) in [7, 11) is 2.03. The van der Waals surface area contributed by atoms with Crippen molar-refractivity contribution in [2.24, 2.45) is 11.8 Å². The first kappa shape index (κ1) is 10.7. The molecule has 0 heterocycles. The number of alkyl halides is 1. The van der Waals surface area contributed by atoms with E-state index in [-0.39, 0.29) is 0 Å². The third-order valence-electron chi connectivity index (χ3n) is 2.11. The minimum atomic E-state index is 0.857. The molecule has 2 unspecified atom stereocenters. The Kier molecular flexibility index (Phi) is 6.85. The molecule has 0 saturated carbocycles. The molecule has 0 radical (unpaired) electrons.